The molecule has 10 nitrogen and oxygen atoms in total. The van der Waals surface area contributed by atoms with Crippen molar-refractivity contribution in [2.24, 2.45) is 0 Å². The van der Waals surface area contributed by atoms with Crippen LogP contribution in [0.1, 0.15) is 5.56 Å². The van der Waals surface area contributed by atoms with E-state index < -0.39 is 36.0 Å². The van der Waals surface area contributed by atoms with Crippen LogP contribution in [0.3, 0.4) is 0 Å². The zero-order valence-electron chi connectivity index (χ0n) is 20.6. The number of nitrogens with one attached hydrogen (secondary N) is 1. The molecule has 1 aromatic heterocycles. The zero-order chi connectivity index (χ0) is 27.4. The predicted octanol–water partition coefficient (Wildman–Crippen LogP) is 2.99. The number of halogens is 1. The Morgan fingerprint density at radius 2 is 1.66 bits per heavy atom. The van der Waals surface area contributed by atoms with Crippen molar-refractivity contribution >= 4 is 39.9 Å². The summed E-state index contributed by atoms with van der Waals surface area (Å²) in [5.74, 6) is -0.362. The average molecular weight is 538 g/mol. The Kier molecular flexibility index (Phi) is 7.82. The number of hydrogen-bond donors (Lipinski definition) is 2. The number of phenols is 1. The van der Waals surface area contributed by atoms with Gasteiger partial charge in [0.25, 0.3) is 5.56 Å². The van der Waals surface area contributed by atoms with Crippen molar-refractivity contribution in [3.63, 3.8) is 0 Å². The molecule has 0 aliphatic rings. The van der Waals surface area contributed by atoms with Gasteiger partial charge in [0.2, 0.25) is 5.91 Å². The van der Waals surface area contributed by atoms with E-state index in [9.17, 15) is 24.3 Å². The largest absolute Gasteiger partial charge is 0.508 e. The molecule has 1 amide bonds. The number of hydrogen-bond acceptors (Lipinski definition) is 7. The molecule has 2 N–H and O–H groups in total. The van der Waals surface area contributed by atoms with Crippen molar-refractivity contribution in [2.45, 2.75) is 19.5 Å². The van der Waals surface area contributed by atoms with Gasteiger partial charge in [-0.05, 0) is 35.9 Å². The van der Waals surface area contributed by atoms with E-state index in [1.807, 2.05) is 0 Å². The van der Waals surface area contributed by atoms with E-state index in [1.165, 1.54) is 44.6 Å². The lowest BCUT2D eigenvalue weighted by Crippen LogP contribution is -2.43. The molecular formula is C27H24ClN3O7. The third-order valence-corrected chi connectivity index (χ3v) is 6.12. The van der Waals surface area contributed by atoms with E-state index in [0.29, 0.717) is 17.1 Å². The van der Waals surface area contributed by atoms with Crippen molar-refractivity contribution in [2.75, 3.05) is 19.5 Å². The Labute approximate surface area is 221 Å². The number of phenolic OH excluding ortho intramolecular Hbond substituents is 1. The van der Waals surface area contributed by atoms with Crippen LogP contribution in [0.25, 0.3) is 10.9 Å². The summed E-state index contributed by atoms with van der Waals surface area (Å²) in [5, 5.41) is 12.7. The molecule has 0 unspecified atom stereocenters. The number of nitrogens with zero attached hydrogens (tertiary/aromatic N) is 2. The number of Topliss-reactive ketones (excluding diaryl/α,β-unsaturated/α-hetero) is 1. The lowest BCUT2D eigenvalue weighted by Gasteiger charge is -2.16. The first-order valence-corrected chi connectivity index (χ1v) is 11.8. The second kappa shape index (κ2) is 11.2. The maximum absolute atomic E-state index is 13.4. The molecule has 0 bridgehead atoms. The molecule has 38 heavy (non-hydrogen) atoms. The number of fused-ring (bicyclic) bond motifs is 1. The average Bonchev–Trinajstić information content (AvgIpc) is 2.89. The fraction of sp³-hybridized carbons (Fsp3) is 0.185. The zero-order valence-corrected chi connectivity index (χ0v) is 21.3. The van der Waals surface area contributed by atoms with Crippen LogP contribution in [0, 0.1) is 0 Å². The summed E-state index contributed by atoms with van der Waals surface area (Å²) >= 11 is 6.19. The summed E-state index contributed by atoms with van der Waals surface area (Å²) in [6.07, 6.45) is -0.0917. The van der Waals surface area contributed by atoms with Gasteiger partial charge in [-0.25, -0.2) is 4.79 Å². The normalized spacial score (nSPS) is 10.8. The second-order valence-electron chi connectivity index (χ2n) is 8.40. The van der Waals surface area contributed by atoms with Gasteiger partial charge < -0.3 is 19.9 Å². The first-order chi connectivity index (χ1) is 18.2. The second-order valence-corrected chi connectivity index (χ2v) is 8.80. The summed E-state index contributed by atoms with van der Waals surface area (Å²) in [6, 6.07) is 15.5. The van der Waals surface area contributed by atoms with Gasteiger partial charge in [0.1, 0.15) is 23.8 Å². The summed E-state index contributed by atoms with van der Waals surface area (Å²) in [4.78, 5) is 52.3. The highest BCUT2D eigenvalue weighted by Crippen LogP contribution is 2.35. The summed E-state index contributed by atoms with van der Waals surface area (Å²) in [6.45, 7) is -0.950. The van der Waals surface area contributed by atoms with Gasteiger partial charge in [0.15, 0.2) is 5.78 Å². The number of ether oxygens (including phenoxy) is 2. The lowest BCUT2D eigenvalue weighted by atomic mass is 10.1. The van der Waals surface area contributed by atoms with Crippen LogP contribution in [0.15, 0.2) is 70.3 Å². The molecule has 0 radical (unpaired) electrons. The topological polar surface area (TPSA) is 129 Å². The molecule has 0 aliphatic carbocycles. The number of amides is 1. The highest BCUT2D eigenvalue weighted by molar-refractivity contribution is 6.32. The van der Waals surface area contributed by atoms with Crippen molar-refractivity contribution in [1.82, 2.24) is 9.13 Å². The van der Waals surface area contributed by atoms with Gasteiger partial charge in [-0.2, -0.15) is 0 Å². The minimum atomic E-state index is -0.812. The SMILES string of the molecule is COc1cc(OC)c(NC(=O)Cn2c(=O)n(CC(=O)Cc3cccc(O)c3)c(=O)c3ccccc32)cc1Cl. The molecule has 0 fully saturated rings. The Hall–Kier alpha value is -4.57. The first-order valence-electron chi connectivity index (χ1n) is 11.4. The van der Waals surface area contributed by atoms with Crippen LogP contribution in [0.4, 0.5) is 5.69 Å². The summed E-state index contributed by atoms with van der Waals surface area (Å²) in [5.41, 5.74) is -0.414. The summed E-state index contributed by atoms with van der Waals surface area (Å²) < 4.78 is 12.4. The van der Waals surface area contributed by atoms with Gasteiger partial charge in [-0.15, -0.1) is 0 Å². The smallest absolute Gasteiger partial charge is 0.332 e. The standard InChI is InChI=1S/C27H24ClN3O7/c1-37-23-13-24(38-2)21(12-20(23)28)29-25(34)15-30-22-9-4-3-8-19(22)26(35)31(27(30)36)14-18(33)11-16-6-5-7-17(32)10-16/h3-10,12-13,32H,11,14-15H2,1-2H3,(H,29,34). The fourth-order valence-electron chi connectivity index (χ4n) is 4.08. The van der Waals surface area contributed by atoms with E-state index in [4.69, 9.17) is 21.1 Å². The summed E-state index contributed by atoms with van der Waals surface area (Å²) in [7, 11) is 2.86. The van der Waals surface area contributed by atoms with Crippen LogP contribution < -0.4 is 26.0 Å². The van der Waals surface area contributed by atoms with E-state index in [2.05, 4.69) is 5.32 Å². The third kappa shape index (κ3) is 5.55. The van der Waals surface area contributed by atoms with Crippen LogP contribution in [-0.4, -0.2) is 40.2 Å². The number of carbonyl (C=O) groups is 2. The number of rotatable bonds is 9. The van der Waals surface area contributed by atoms with Crippen molar-refractivity contribution < 1.29 is 24.2 Å². The maximum Gasteiger partial charge on any atom is 0.332 e. The molecule has 0 spiro atoms. The van der Waals surface area contributed by atoms with Crippen LogP contribution in [-0.2, 0) is 29.1 Å². The monoisotopic (exact) mass is 537 g/mol. The van der Waals surface area contributed by atoms with E-state index in [1.54, 1.807) is 30.3 Å². The van der Waals surface area contributed by atoms with Gasteiger partial charge >= 0.3 is 5.69 Å². The molecule has 1 heterocycles. The highest BCUT2D eigenvalue weighted by atomic mass is 35.5. The van der Waals surface area contributed by atoms with Crippen molar-refractivity contribution in [3.05, 3.63) is 92.1 Å². The van der Waals surface area contributed by atoms with E-state index in [-0.39, 0.29) is 33.8 Å². The predicted molar refractivity (Wildman–Crippen MR) is 142 cm³/mol. The molecule has 0 atom stereocenters. The van der Waals surface area contributed by atoms with Crippen LogP contribution in [0.5, 0.6) is 17.2 Å². The Balaban J connectivity index is 1.67. The molecule has 4 rings (SSSR count). The molecule has 0 aliphatic heterocycles. The van der Waals surface area contributed by atoms with Gasteiger partial charge in [0.05, 0.1) is 42.4 Å². The number of aromatic nitrogens is 2. The van der Waals surface area contributed by atoms with Crippen molar-refractivity contribution in [1.29, 1.82) is 0 Å². The number of aromatic hydroxyl groups is 1. The maximum atomic E-state index is 13.4. The first kappa shape index (κ1) is 26.5. The molecule has 196 valence electrons. The fourth-order valence-corrected chi connectivity index (χ4v) is 4.32. The third-order valence-electron chi connectivity index (χ3n) is 5.83. The number of methoxy groups -OCH3 is 2. The molecule has 11 heteroatoms. The van der Waals surface area contributed by atoms with E-state index in [0.717, 1.165) is 9.13 Å². The molecule has 0 saturated heterocycles. The Morgan fingerprint density at radius 1 is 0.921 bits per heavy atom. The minimum Gasteiger partial charge on any atom is -0.508 e. The minimum absolute atomic E-state index is 0.00122. The molecular weight excluding hydrogens is 514 g/mol. The van der Waals surface area contributed by atoms with Gasteiger partial charge in [0, 0.05) is 12.5 Å². The van der Waals surface area contributed by atoms with E-state index >= 15 is 0 Å². The number of carbonyl (C=O) groups excluding carboxylic acids is 2. The molecule has 3 aromatic carbocycles. The molecule has 4 aromatic rings. The lowest BCUT2D eigenvalue weighted by molar-refractivity contribution is -0.119. The van der Waals surface area contributed by atoms with Crippen molar-refractivity contribution in [3.8, 4) is 17.2 Å². The Bertz CT molecular complexity index is 1660. The van der Waals surface area contributed by atoms with Crippen LogP contribution >= 0.6 is 11.6 Å². The van der Waals surface area contributed by atoms with Gasteiger partial charge in [-0.1, -0.05) is 35.9 Å². The number of anilines is 1. The molecule has 0 saturated carbocycles. The highest BCUT2D eigenvalue weighted by Gasteiger charge is 2.19. The quantitative estimate of drug-likeness (QED) is 0.336. The number of benzene rings is 3. The number of ketones is 1. The van der Waals surface area contributed by atoms with Gasteiger partial charge in [-0.3, -0.25) is 23.5 Å². The van der Waals surface area contributed by atoms with Crippen LogP contribution in [0.2, 0.25) is 5.02 Å². The Morgan fingerprint density at radius 3 is 2.37 bits per heavy atom. The number of para-hydroxylation sites is 1.